The Labute approximate surface area is 119 Å². The number of rotatable bonds is 7. The zero-order valence-corrected chi connectivity index (χ0v) is 12.2. The molecule has 0 saturated heterocycles. The van der Waals surface area contributed by atoms with E-state index in [9.17, 15) is 4.79 Å². The maximum Gasteiger partial charge on any atom is 0.343 e. The fourth-order valence-corrected chi connectivity index (χ4v) is 1.78. The molecule has 1 unspecified atom stereocenters. The smallest absolute Gasteiger partial charge is 0.343 e. The van der Waals surface area contributed by atoms with Gasteiger partial charge in [0, 0.05) is 19.9 Å². The summed E-state index contributed by atoms with van der Waals surface area (Å²) >= 11 is 0. The lowest BCUT2D eigenvalue weighted by Gasteiger charge is -2.15. The van der Waals surface area contributed by atoms with Gasteiger partial charge in [0.25, 0.3) is 0 Å². The van der Waals surface area contributed by atoms with Crippen molar-refractivity contribution in [3.63, 3.8) is 0 Å². The highest BCUT2D eigenvalue weighted by Crippen LogP contribution is 2.18. The predicted molar refractivity (Wildman–Crippen MR) is 75.1 cm³/mol. The van der Waals surface area contributed by atoms with Crippen LogP contribution in [0.2, 0.25) is 0 Å². The molecule has 0 aromatic carbocycles. The number of carbonyl (C=O) groups is 1. The number of hydrogen-bond donors (Lipinski definition) is 1. The topological polar surface area (TPSA) is 103 Å². The first-order valence-electron chi connectivity index (χ1n) is 6.40. The van der Waals surface area contributed by atoms with Gasteiger partial charge in [0.2, 0.25) is 0 Å². The Morgan fingerprint density at radius 2 is 2.20 bits per heavy atom. The third-order valence-corrected chi connectivity index (χ3v) is 2.61. The second-order valence-corrected chi connectivity index (χ2v) is 4.03. The SMILES string of the molecule is C#N.CCCC(COC)n1cc(C(=O)OCC)c(N)n1. The van der Waals surface area contributed by atoms with Crippen LogP contribution in [0, 0.1) is 11.8 Å². The third-order valence-electron chi connectivity index (χ3n) is 2.61. The van der Waals surface area contributed by atoms with E-state index in [1.807, 2.05) is 0 Å². The van der Waals surface area contributed by atoms with Crippen LogP contribution in [0.15, 0.2) is 6.20 Å². The largest absolute Gasteiger partial charge is 0.462 e. The second-order valence-electron chi connectivity index (χ2n) is 4.03. The molecule has 0 spiro atoms. The molecule has 0 fully saturated rings. The van der Waals surface area contributed by atoms with E-state index in [-0.39, 0.29) is 11.9 Å². The summed E-state index contributed by atoms with van der Waals surface area (Å²) in [6.07, 6.45) is 3.55. The number of hydrogen-bond acceptors (Lipinski definition) is 6. The maximum absolute atomic E-state index is 11.6. The molecular weight excluding hydrogens is 260 g/mol. The van der Waals surface area contributed by atoms with Crippen molar-refractivity contribution in [3.05, 3.63) is 11.8 Å². The van der Waals surface area contributed by atoms with Gasteiger partial charge in [-0.2, -0.15) is 5.10 Å². The molecule has 1 atom stereocenters. The molecule has 0 aliphatic heterocycles. The van der Waals surface area contributed by atoms with Gasteiger partial charge in [0.1, 0.15) is 5.56 Å². The number of nitrogens with zero attached hydrogens (tertiary/aromatic N) is 3. The normalized spacial score (nSPS) is 11.2. The zero-order valence-electron chi connectivity index (χ0n) is 12.2. The number of carbonyl (C=O) groups excluding carboxylic acids is 1. The molecule has 1 rings (SSSR count). The van der Waals surface area contributed by atoms with Crippen LogP contribution in [0.1, 0.15) is 43.1 Å². The summed E-state index contributed by atoms with van der Waals surface area (Å²) in [5.74, 6) is -0.237. The van der Waals surface area contributed by atoms with Crippen molar-refractivity contribution in [2.24, 2.45) is 0 Å². The molecular formula is C13H22N4O3. The van der Waals surface area contributed by atoms with Gasteiger partial charge in [-0.05, 0) is 13.3 Å². The van der Waals surface area contributed by atoms with Crippen molar-refractivity contribution in [2.75, 3.05) is 26.1 Å². The van der Waals surface area contributed by atoms with Crippen molar-refractivity contribution < 1.29 is 14.3 Å². The highest BCUT2D eigenvalue weighted by Gasteiger charge is 2.19. The molecule has 7 heteroatoms. The minimum atomic E-state index is -0.436. The fourth-order valence-electron chi connectivity index (χ4n) is 1.78. The molecule has 2 N–H and O–H groups in total. The number of nitrogen functional groups attached to an aromatic ring is 1. The van der Waals surface area contributed by atoms with E-state index in [0.29, 0.717) is 18.8 Å². The molecule has 112 valence electrons. The predicted octanol–water partition coefficient (Wildman–Crippen LogP) is 1.77. The average molecular weight is 282 g/mol. The van der Waals surface area contributed by atoms with Crippen LogP contribution in [0.5, 0.6) is 0 Å². The van der Waals surface area contributed by atoms with Crippen LogP contribution in [0.4, 0.5) is 5.82 Å². The number of aromatic nitrogens is 2. The Morgan fingerprint density at radius 1 is 1.55 bits per heavy atom. The van der Waals surface area contributed by atoms with Crippen molar-refractivity contribution in [3.8, 4) is 6.57 Å². The molecule has 1 aromatic heterocycles. The van der Waals surface area contributed by atoms with E-state index in [4.69, 9.17) is 20.5 Å². The molecule has 0 bridgehead atoms. The Balaban J connectivity index is 0.00000172. The van der Waals surface area contributed by atoms with Crippen LogP contribution < -0.4 is 5.73 Å². The van der Waals surface area contributed by atoms with E-state index < -0.39 is 5.97 Å². The summed E-state index contributed by atoms with van der Waals surface area (Å²) in [7, 11) is 1.64. The summed E-state index contributed by atoms with van der Waals surface area (Å²) in [6, 6.07) is 0.0884. The first-order valence-corrected chi connectivity index (χ1v) is 6.40. The molecule has 0 aliphatic rings. The van der Waals surface area contributed by atoms with Gasteiger partial charge < -0.3 is 15.2 Å². The second kappa shape index (κ2) is 9.81. The molecule has 20 heavy (non-hydrogen) atoms. The minimum absolute atomic E-state index is 0.0884. The van der Waals surface area contributed by atoms with Gasteiger partial charge in [-0.3, -0.25) is 4.68 Å². The quantitative estimate of drug-likeness (QED) is 0.764. The van der Waals surface area contributed by atoms with Crippen molar-refractivity contribution in [1.29, 1.82) is 5.26 Å². The monoisotopic (exact) mass is 282 g/mol. The first-order chi connectivity index (χ1) is 9.63. The van der Waals surface area contributed by atoms with Crippen LogP contribution in [0.3, 0.4) is 0 Å². The van der Waals surface area contributed by atoms with E-state index in [1.54, 1.807) is 24.9 Å². The summed E-state index contributed by atoms with van der Waals surface area (Å²) < 4.78 is 11.8. The lowest BCUT2D eigenvalue weighted by atomic mass is 10.2. The van der Waals surface area contributed by atoms with E-state index in [1.165, 1.54) is 0 Å². The van der Waals surface area contributed by atoms with Gasteiger partial charge in [0.05, 0.1) is 19.3 Å². The standard InChI is InChI=1S/C12H21N3O3.CHN/c1-4-6-9(8-17-3)15-7-10(11(13)14-15)12(16)18-5-2;1-2/h7,9H,4-6,8H2,1-3H3,(H2,13,14);1H. The summed E-state index contributed by atoms with van der Waals surface area (Å²) in [6.45, 7) is 8.20. The molecule has 1 heterocycles. The van der Waals surface area contributed by atoms with E-state index in [0.717, 1.165) is 12.8 Å². The molecule has 7 nitrogen and oxygen atoms in total. The third kappa shape index (κ3) is 4.90. The Morgan fingerprint density at radius 3 is 2.70 bits per heavy atom. The number of methoxy groups -OCH3 is 1. The van der Waals surface area contributed by atoms with E-state index >= 15 is 0 Å². The van der Waals surface area contributed by atoms with Crippen LogP contribution in [0.25, 0.3) is 0 Å². The molecule has 0 amide bonds. The minimum Gasteiger partial charge on any atom is -0.462 e. The molecule has 0 saturated carbocycles. The van der Waals surface area contributed by atoms with Crippen molar-refractivity contribution in [2.45, 2.75) is 32.7 Å². The highest BCUT2D eigenvalue weighted by molar-refractivity contribution is 5.93. The Bertz CT molecular complexity index is 422. The molecule has 0 aliphatic carbocycles. The molecule has 0 radical (unpaired) electrons. The fraction of sp³-hybridized carbons (Fsp3) is 0.615. The number of nitrogens with two attached hydrogens (primary N) is 1. The number of esters is 1. The number of nitriles is 1. The van der Waals surface area contributed by atoms with Gasteiger partial charge in [-0.1, -0.05) is 13.3 Å². The average Bonchev–Trinajstić information content (AvgIpc) is 2.83. The van der Waals surface area contributed by atoms with Gasteiger partial charge in [-0.25, -0.2) is 10.1 Å². The lowest BCUT2D eigenvalue weighted by Crippen LogP contribution is -2.15. The van der Waals surface area contributed by atoms with Gasteiger partial charge in [-0.15, -0.1) is 0 Å². The summed E-state index contributed by atoms with van der Waals surface area (Å²) in [4.78, 5) is 11.6. The summed E-state index contributed by atoms with van der Waals surface area (Å²) in [5, 5.41) is 10.7. The van der Waals surface area contributed by atoms with Crippen LogP contribution in [-0.4, -0.2) is 36.1 Å². The Kier molecular flexibility index (Phi) is 8.79. The van der Waals surface area contributed by atoms with Gasteiger partial charge >= 0.3 is 5.97 Å². The highest BCUT2D eigenvalue weighted by atomic mass is 16.5. The van der Waals surface area contributed by atoms with Crippen LogP contribution >= 0.6 is 0 Å². The van der Waals surface area contributed by atoms with Crippen molar-refractivity contribution >= 4 is 11.8 Å². The number of ether oxygens (including phenoxy) is 2. The molecule has 1 aromatic rings. The van der Waals surface area contributed by atoms with Crippen LogP contribution in [-0.2, 0) is 9.47 Å². The van der Waals surface area contributed by atoms with Gasteiger partial charge in [0.15, 0.2) is 5.82 Å². The zero-order chi connectivity index (χ0) is 15.5. The lowest BCUT2D eigenvalue weighted by molar-refractivity contribution is 0.0527. The first kappa shape index (κ1) is 17.9. The van der Waals surface area contributed by atoms with Crippen molar-refractivity contribution in [1.82, 2.24) is 9.78 Å². The van der Waals surface area contributed by atoms with E-state index in [2.05, 4.69) is 18.6 Å². The number of anilines is 1. The maximum atomic E-state index is 11.6. The Hall–Kier alpha value is -2.07. The summed E-state index contributed by atoms with van der Waals surface area (Å²) in [5.41, 5.74) is 6.04.